The number of hydrogen-bond donors (Lipinski definition) is 0. The molecule has 0 aromatic rings. The molecule has 0 fully saturated rings. The van der Waals surface area contributed by atoms with Crippen molar-refractivity contribution in [3.63, 3.8) is 0 Å². The van der Waals surface area contributed by atoms with Crippen LogP contribution in [0.4, 0.5) is 0 Å². The van der Waals surface area contributed by atoms with Crippen LogP contribution in [-0.4, -0.2) is 24.0 Å². The molecule has 0 spiro atoms. The number of nitrogens with zero attached hydrogens (tertiary/aromatic N) is 1. The molecule has 0 rings (SSSR count). The second-order valence-electron chi connectivity index (χ2n) is 2.92. The SMILES string of the molecule is C[CH]CCN(CC)C(C)C. The van der Waals surface area contributed by atoms with Crippen LogP contribution in [0.5, 0.6) is 0 Å². The van der Waals surface area contributed by atoms with E-state index in [9.17, 15) is 0 Å². The van der Waals surface area contributed by atoms with Crippen molar-refractivity contribution in [3.05, 3.63) is 6.42 Å². The summed E-state index contributed by atoms with van der Waals surface area (Å²) in [5.41, 5.74) is 0. The fourth-order valence-electron chi connectivity index (χ4n) is 1.08. The first-order chi connectivity index (χ1) is 4.72. The highest BCUT2D eigenvalue weighted by molar-refractivity contribution is 4.64. The van der Waals surface area contributed by atoms with E-state index >= 15 is 0 Å². The van der Waals surface area contributed by atoms with Gasteiger partial charge in [0.1, 0.15) is 0 Å². The molecule has 0 N–H and O–H groups in total. The van der Waals surface area contributed by atoms with Crippen LogP contribution in [0.3, 0.4) is 0 Å². The third-order valence-corrected chi connectivity index (χ3v) is 1.84. The average Bonchev–Trinajstić information content (AvgIpc) is 1.89. The van der Waals surface area contributed by atoms with Crippen LogP contribution in [0.15, 0.2) is 0 Å². The Hall–Kier alpha value is -0.0400. The van der Waals surface area contributed by atoms with E-state index in [1.807, 2.05) is 0 Å². The van der Waals surface area contributed by atoms with Crippen LogP contribution in [-0.2, 0) is 0 Å². The molecule has 0 bridgehead atoms. The molecule has 1 nitrogen and oxygen atoms in total. The molecule has 61 valence electrons. The molecule has 1 heteroatoms. The van der Waals surface area contributed by atoms with Gasteiger partial charge in [-0.15, -0.1) is 0 Å². The Balaban J connectivity index is 3.40. The van der Waals surface area contributed by atoms with Crippen LogP contribution in [0.2, 0.25) is 0 Å². The summed E-state index contributed by atoms with van der Waals surface area (Å²) in [6, 6.07) is 0.699. The zero-order chi connectivity index (χ0) is 7.98. The molecule has 0 unspecified atom stereocenters. The Labute approximate surface area is 65.4 Å². The highest BCUT2D eigenvalue weighted by Gasteiger charge is 2.03. The first-order valence-electron chi connectivity index (χ1n) is 4.24. The molecule has 0 saturated heterocycles. The molecular weight excluding hydrogens is 122 g/mol. The molecule has 0 atom stereocenters. The predicted molar refractivity (Wildman–Crippen MR) is 47.0 cm³/mol. The van der Waals surface area contributed by atoms with Crippen molar-refractivity contribution < 1.29 is 0 Å². The molecule has 0 aliphatic carbocycles. The molecule has 0 saturated carbocycles. The lowest BCUT2D eigenvalue weighted by molar-refractivity contribution is 0.236. The molecule has 0 aromatic carbocycles. The first kappa shape index (κ1) is 9.96. The lowest BCUT2D eigenvalue weighted by Crippen LogP contribution is -2.31. The van der Waals surface area contributed by atoms with Crippen molar-refractivity contribution in [2.75, 3.05) is 13.1 Å². The average molecular weight is 142 g/mol. The smallest absolute Gasteiger partial charge is 0.00384 e. The maximum absolute atomic E-state index is 2.47. The minimum absolute atomic E-state index is 0.699. The van der Waals surface area contributed by atoms with Crippen molar-refractivity contribution in [2.45, 2.75) is 40.2 Å². The summed E-state index contributed by atoms with van der Waals surface area (Å²) in [7, 11) is 0. The summed E-state index contributed by atoms with van der Waals surface area (Å²) in [5, 5.41) is 0. The van der Waals surface area contributed by atoms with E-state index in [-0.39, 0.29) is 0 Å². The van der Waals surface area contributed by atoms with Gasteiger partial charge in [0.2, 0.25) is 0 Å². The van der Waals surface area contributed by atoms with Crippen molar-refractivity contribution in [1.29, 1.82) is 0 Å². The maximum Gasteiger partial charge on any atom is 0.00384 e. The van der Waals surface area contributed by atoms with Gasteiger partial charge in [-0.2, -0.15) is 0 Å². The summed E-state index contributed by atoms with van der Waals surface area (Å²) in [6.45, 7) is 11.2. The highest BCUT2D eigenvalue weighted by Crippen LogP contribution is 1.99. The molecule has 10 heavy (non-hydrogen) atoms. The Kier molecular flexibility index (Phi) is 5.70. The van der Waals surface area contributed by atoms with E-state index in [2.05, 4.69) is 39.0 Å². The van der Waals surface area contributed by atoms with E-state index in [0.717, 1.165) is 0 Å². The predicted octanol–water partition coefficient (Wildman–Crippen LogP) is 2.33. The van der Waals surface area contributed by atoms with Crippen molar-refractivity contribution in [2.24, 2.45) is 0 Å². The maximum atomic E-state index is 2.47. The van der Waals surface area contributed by atoms with E-state index in [1.54, 1.807) is 0 Å². The van der Waals surface area contributed by atoms with Crippen LogP contribution in [0, 0.1) is 6.42 Å². The molecule has 1 radical (unpaired) electrons. The van der Waals surface area contributed by atoms with E-state index in [4.69, 9.17) is 0 Å². The third kappa shape index (κ3) is 3.89. The molecule has 0 aliphatic rings. The number of unbranched alkanes of at least 4 members (excludes halogenated alkanes) is 1. The van der Waals surface area contributed by atoms with Gasteiger partial charge in [0.25, 0.3) is 0 Å². The van der Waals surface area contributed by atoms with E-state index in [1.165, 1.54) is 19.5 Å². The molecule has 0 aromatic heterocycles. The quantitative estimate of drug-likeness (QED) is 0.569. The monoisotopic (exact) mass is 142 g/mol. The standard InChI is InChI=1S/C9H20N/c1-5-7-8-10(6-2)9(3)4/h5,9H,6-8H2,1-4H3. The second-order valence-corrected chi connectivity index (χ2v) is 2.92. The zero-order valence-electron chi connectivity index (χ0n) is 7.72. The Morgan fingerprint density at radius 1 is 1.40 bits per heavy atom. The summed E-state index contributed by atoms with van der Waals surface area (Å²) in [5.74, 6) is 0. The summed E-state index contributed by atoms with van der Waals surface area (Å²) < 4.78 is 0. The van der Waals surface area contributed by atoms with Gasteiger partial charge < -0.3 is 4.90 Å². The fourth-order valence-corrected chi connectivity index (χ4v) is 1.08. The van der Waals surface area contributed by atoms with Crippen LogP contribution in [0.1, 0.15) is 34.1 Å². The van der Waals surface area contributed by atoms with E-state index in [0.29, 0.717) is 6.04 Å². The van der Waals surface area contributed by atoms with Crippen LogP contribution < -0.4 is 0 Å². The lowest BCUT2D eigenvalue weighted by Gasteiger charge is -2.24. The van der Waals surface area contributed by atoms with Gasteiger partial charge in [-0.25, -0.2) is 0 Å². The number of hydrogen-bond acceptors (Lipinski definition) is 1. The Bertz CT molecular complexity index is 69.1. The lowest BCUT2D eigenvalue weighted by atomic mass is 10.2. The molecule has 0 heterocycles. The largest absolute Gasteiger partial charge is 0.301 e. The van der Waals surface area contributed by atoms with E-state index < -0.39 is 0 Å². The van der Waals surface area contributed by atoms with Gasteiger partial charge in [0.15, 0.2) is 0 Å². The first-order valence-corrected chi connectivity index (χ1v) is 4.24. The summed E-state index contributed by atoms with van der Waals surface area (Å²) in [4.78, 5) is 2.47. The third-order valence-electron chi connectivity index (χ3n) is 1.84. The minimum atomic E-state index is 0.699. The molecule has 0 amide bonds. The second kappa shape index (κ2) is 5.72. The van der Waals surface area contributed by atoms with Crippen LogP contribution >= 0.6 is 0 Å². The highest BCUT2D eigenvalue weighted by atomic mass is 15.1. The normalized spacial score (nSPS) is 11.4. The summed E-state index contributed by atoms with van der Waals surface area (Å²) >= 11 is 0. The topological polar surface area (TPSA) is 3.24 Å². The van der Waals surface area contributed by atoms with Gasteiger partial charge >= 0.3 is 0 Å². The van der Waals surface area contributed by atoms with Gasteiger partial charge in [0, 0.05) is 6.04 Å². The van der Waals surface area contributed by atoms with Gasteiger partial charge in [0.05, 0.1) is 0 Å². The van der Waals surface area contributed by atoms with Crippen molar-refractivity contribution in [3.8, 4) is 0 Å². The Morgan fingerprint density at radius 3 is 2.30 bits per heavy atom. The summed E-state index contributed by atoms with van der Waals surface area (Å²) in [6.07, 6.45) is 3.44. The Morgan fingerprint density at radius 2 is 2.00 bits per heavy atom. The molecular formula is C9H20N. The van der Waals surface area contributed by atoms with Crippen molar-refractivity contribution >= 4 is 0 Å². The van der Waals surface area contributed by atoms with Gasteiger partial charge in [-0.1, -0.05) is 13.8 Å². The zero-order valence-corrected chi connectivity index (χ0v) is 7.72. The van der Waals surface area contributed by atoms with Gasteiger partial charge in [-0.3, -0.25) is 0 Å². The van der Waals surface area contributed by atoms with Gasteiger partial charge in [-0.05, 0) is 39.8 Å². The van der Waals surface area contributed by atoms with Crippen LogP contribution in [0.25, 0.3) is 0 Å². The molecule has 0 aliphatic heterocycles. The number of rotatable bonds is 5. The minimum Gasteiger partial charge on any atom is -0.301 e. The van der Waals surface area contributed by atoms with Crippen molar-refractivity contribution in [1.82, 2.24) is 4.90 Å². The fraction of sp³-hybridized carbons (Fsp3) is 0.889.